The van der Waals surface area contributed by atoms with E-state index < -0.39 is 0 Å². The Hall–Kier alpha value is -3.46. The van der Waals surface area contributed by atoms with E-state index in [2.05, 4.69) is 80.7 Å². The van der Waals surface area contributed by atoms with E-state index in [-0.39, 0.29) is 0 Å². The van der Waals surface area contributed by atoms with Crippen molar-refractivity contribution in [3.63, 3.8) is 0 Å². The molecule has 0 atom stereocenters. The molecule has 3 aromatic heterocycles. The van der Waals surface area contributed by atoms with Crippen molar-refractivity contribution in [1.29, 1.82) is 0 Å². The molecule has 0 amide bonds. The summed E-state index contributed by atoms with van der Waals surface area (Å²) in [6, 6.07) is 8.66. The van der Waals surface area contributed by atoms with Crippen LogP contribution in [-0.4, -0.2) is 107 Å². The van der Waals surface area contributed by atoms with E-state index in [4.69, 9.17) is 14.7 Å². The third-order valence-electron chi connectivity index (χ3n) is 8.50. The van der Waals surface area contributed by atoms with Gasteiger partial charge in [0.25, 0.3) is 0 Å². The van der Waals surface area contributed by atoms with Crippen LogP contribution >= 0.6 is 27.9 Å². The fourth-order valence-electron chi connectivity index (χ4n) is 6.02. The van der Waals surface area contributed by atoms with Crippen molar-refractivity contribution in [3.05, 3.63) is 47.3 Å². The van der Waals surface area contributed by atoms with Gasteiger partial charge in [0.05, 0.1) is 28.5 Å². The number of rotatable bonds is 10. The second-order valence-electron chi connectivity index (χ2n) is 11.2. The lowest BCUT2D eigenvalue weighted by molar-refractivity contribution is 0.0981. The van der Waals surface area contributed by atoms with Crippen molar-refractivity contribution < 1.29 is 4.74 Å². The first-order chi connectivity index (χ1) is 22.0. The highest BCUT2D eigenvalue weighted by molar-refractivity contribution is 9.10. The van der Waals surface area contributed by atoms with Crippen molar-refractivity contribution in [1.82, 2.24) is 34.7 Å². The minimum absolute atomic E-state index is 0.417. The lowest BCUT2D eigenvalue weighted by atomic mass is 10.0. The lowest BCUT2D eigenvalue weighted by Crippen LogP contribution is -2.52. The number of benzene rings is 1. The van der Waals surface area contributed by atoms with Gasteiger partial charge >= 0.3 is 0 Å². The summed E-state index contributed by atoms with van der Waals surface area (Å²) in [6.07, 6.45) is 9.50. The highest BCUT2D eigenvalue weighted by Crippen LogP contribution is 2.38. The van der Waals surface area contributed by atoms with Gasteiger partial charge in [0.2, 0.25) is 11.8 Å². The molecule has 6 rings (SSSR count). The van der Waals surface area contributed by atoms with Crippen LogP contribution in [0.15, 0.2) is 47.3 Å². The Kier molecular flexibility index (Phi) is 10.0. The second-order valence-corrected chi connectivity index (χ2v) is 12.8. The van der Waals surface area contributed by atoms with Gasteiger partial charge in [0.15, 0.2) is 0 Å². The smallest absolute Gasteiger partial charge is 0.239 e. The van der Waals surface area contributed by atoms with Crippen LogP contribution in [-0.2, 0) is 0 Å². The molecule has 5 heterocycles. The fraction of sp³-hybridized carbons (Fsp3) is 0.452. The number of aromatic nitrogens is 5. The minimum Gasteiger partial charge on any atom is -0.479 e. The van der Waals surface area contributed by atoms with Gasteiger partial charge in [-0.05, 0) is 67.0 Å². The summed E-state index contributed by atoms with van der Waals surface area (Å²) < 4.78 is 8.63. The number of likely N-dealkylation sites (N-methyl/N-ethyl adjacent to an activating group) is 1. The Bertz CT molecular complexity index is 1610. The standard InChI is InChI=1S/C31H40BrN11OS/c1-5-43(45-4)28-24(7-6-23-27(28)34-13-12-33-23)36-29-22(32)20-35-31(39-29)37-25-8-9-26(38-30(25)44-3)42-14-10-21(11-15-42)41-18-16-40(2)17-19-41/h6-9,12-13,20-21H,5,10-11,14-19H2,1-4H3,(H2,35,36,37,39). The van der Waals surface area contributed by atoms with E-state index in [0.29, 0.717) is 29.4 Å². The summed E-state index contributed by atoms with van der Waals surface area (Å²) >= 11 is 5.26. The van der Waals surface area contributed by atoms with Crippen molar-refractivity contribution in [2.45, 2.75) is 25.8 Å². The number of anilines is 6. The highest BCUT2D eigenvalue weighted by Gasteiger charge is 2.27. The number of piperazine rings is 1. The molecule has 0 aliphatic carbocycles. The molecule has 14 heteroatoms. The van der Waals surface area contributed by atoms with E-state index in [0.717, 1.165) is 91.4 Å². The van der Waals surface area contributed by atoms with Gasteiger partial charge in [-0.2, -0.15) is 9.97 Å². The molecule has 2 aliphatic heterocycles. The molecule has 0 saturated carbocycles. The zero-order valence-corrected chi connectivity index (χ0v) is 28.6. The molecule has 0 unspecified atom stereocenters. The predicted octanol–water partition coefficient (Wildman–Crippen LogP) is 5.39. The lowest BCUT2D eigenvalue weighted by Gasteiger charge is -2.42. The van der Waals surface area contributed by atoms with Crippen LogP contribution < -0.4 is 24.6 Å². The Morgan fingerprint density at radius 1 is 0.956 bits per heavy atom. The molecule has 0 bridgehead atoms. The zero-order valence-electron chi connectivity index (χ0n) is 26.2. The topological polar surface area (TPSA) is 111 Å². The van der Waals surface area contributed by atoms with Crippen LogP contribution in [0, 0.1) is 0 Å². The maximum Gasteiger partial charge on any atom is 0.239 e. The third-order valence-corrected chi connectivity index (χ3v) is 9.96. The van der Waals surface area contributed by atoms with Gasteiger partial charge in [0, 0.05) is 76.7 Å². The molecular formula is C31H40BrN11OS. The van der Waals surface area contributed by atoms with Gasteiger partial charge in [-0.15, -0.1) is 0 Å². The molecule has 2 N–H and O–H groups in total. The third kappa shape index (κ3) is 7.03. The number of fused-ring (bicyclic) bond motifs is 1. The first kappa shape index (κ1) is 31.5. The van der Waals surface area contributed by atoms with E-state index in [1.165, 1.54) is 0 Å². The van der Waals surface area contributed by atoms with Gasteiger partial charge in [0.1, 0.15) is 22.8 Å². The largest absolute Gasteiger partial charge is 0.479 e. The van der Waals surface area contributed by atoms with E-state index in [9.17, 15) is 0 Å². The van der Waals surface area contributed by atoms with Crippen LogP contribution in [0.25, 0.3) is 11.0 Å². The quantitative estimate of drug-likeness (QED) is 0.207. The monoisotopic (exact) mass is 693 g/mol. The molecule has 2 saturated heterocycles. The molecular weight excluding hydrogens is 654 g/mol. The first-order valence-corrected chi connectivity index (χ1v) is 17.3. The predicted molar refractivity (Wildman–Crippen MR) is 187 cm³/mol. The summed E-state index contributed by atoms with van der Waals surface area (Å²) in [5.41, 5.74) is 4.16. The Morgan fingerprint density at radius 2 is 1.71 bits per heavy atom. The number of nitrogens with zero attached hydrogens (tertiary/aromatic N) is 9. The van der Waals surface area contributed by atoms with Crippen LogP contribution in [0.4, 0.5) is 34.6 Å². The van der Waals surface area contributed by atoms with Crippen LogP contribution in [0.3, 0.4) is 0 Å². The number of methoxy groups -OCH3 is 1. The number of ether oxygens (including phenoxy) is 1. The SMILES string of the molecule is CCN(SC)c1c(Nc2nc(Nc3ccc(N4CCC(N5CCN(C)CC5)CC4)nc3OC)ncc2Br)ccc2nccnc12. The normalized spacial score (nSPS) is 16.6. The summed E-state index contributed by atoms with van der Waals surface area (Å²) in [5, 5.41) is 6.81. The molecule has 4 aromatic rings. The second kappa shape index (κ2) is 14.3. The average molecular weight is 695 g/mol. The minimum atomic E-state index is 0.417. The average Bonchev–Trinajstić information content (AvgIpc) is 3.08. The van der Waals surface area contributed by atoms with E-state index >= 15 is 0 Å². The van der Waals surface area contributed by atoms with E-state index in [1.54, 1.807) is 37.6 Å². The number of hydrogen-bond donors (Lipinski definition) is 2. The van der Waals surface area contributed by atoms with Crippen molar-refractivity contribution in [2.75, 3.05) is 86.1 Å². The molecule has 45 heavy (non-hydrogen) atoms. The van der Waals surface area contributed by atoms with E-state index in [1.807, 2.05) is 24.3 Å². The number of piperidine rings is 1. The maximum atomic E-state index is 5.72. The Morgan fingerprint density at radius 3 is 2.44 bits per heavy atom. The molecule has 238 valence electrons. The molecule has 0 spiro atoms. The number of hydrogen-bond acceptors (Lipinski definition) is 13. The molecule has 0 radical (unpaired) electrons. The summed E-state index contributed by atoms with van der Waals surface area (Å²) in [6.45, 7) is 9.51. The molecule has 1 aromatic carbocycles. The Labute approximate surface area is 277 Å². The molecule has 12 nitrogen and oxygen atoms in total. The Balaban J connectivity index is 1.18. The van der Waals surface area contributed by atoms with Gasteiger partial charge < -0.3 is 29.5 Å². The van der Waals surface area contributed by atoms with Crippen LogP contribution in [0.1, 0.15) is 19.8 Å². The van der Waals surface area contributed by atoms with Gasteiger partial charge in [-0.3, -0.25) is 14.9 Å². The number of nitrogens with one attached hydrogen (secondary N) is 2. The number of pyridine rings is 1. The summed E-state index contributed by atoms with van der Waals surface area (Å²) in [5.74, 6) is 2.46. The summed E-state index contributed by atoms with van der Waals surface area (Å²) in [7, 11) is 3.85. The summed E-state index contributed by atoms with van der Waals surface area (Å²) in [4.78, 5) is 30.8. The van der Waals surface area contributed by atoms with Gasteiger partial charge in [-0.25, -0.2) is 4.98 Å². The first-order valence-electron chi connectivity index (χ1n) is 15.3. The van der Waals surface area contributed by atoms with Crippen LogP contribution in [0.2, 0.25) is 0 Å². The van der Waals surface area contributed by atoms with Crippen molar-refractivity contribution in [2.24, 2.45) is 0 Å². The van der Waals surface area contributed by atoms with Crippen molar-refractivity contribution >= 4 is 73.6 Å². The number of halogens is 1. The fourth-order valence-corrected chi connectivity index (χ4v) is 6.94. The zero-order chi connectivity index (χ0) is 31.3. The molecule has 2 aliphatic rings. The van der Waals surface area contributed by atoms with Gasteiger partial charge in [-0.1, -0.05) is 11.9 Å². The molecule has 2 fully saturated rings. The maximum absolute atomic E-state index is 5.72. The van der Waals surface area contributed by atoms with Crippen molar-refractivity contribution in [3.8, 4) is 5.88 Å². The highest BCUT2D eigenvalue weighted by atomic mass is 79.9. The van der Waals surface area contributed by atoms with Crippen LogP contribution in [0.5, 0.6) is 5.88 Å².